The van der Waals surface area contributed by atoms with Crippen LogP contribution in [0, 0.1) is 11.7 Å². The number of rotatable bonds is 7. The molecule has 22 heavy (non-hydrogen) atoms. The lowest BCUT2D eigenvalue weighted by atomic mass is 9.94. The number of carbonyl (C=O) groups is 1. The quantitative estimate of drug-likeness (QED) is 0.792. The molecule has 0 spiro atoms. The molecule has 1 fully saturated rings. The van der Waals surface area contributed by atoms with Gasteiger partial charge in [0, 0.05) is 19.5 Å². The number of ether oxygens (including phenoxy) is 1. The zero-order valence-electron chi connectivity index (χ0n) is 12.6. The Hall–Kier alpha value is -1.66. The second-order valence-electron chi connectivity index (χ2n) is 5.86. The van der Waals surface area contributed by atoms with Gasteiger partial charge in [-0.2, -0.15) is 0 Å². The summed E-state index contributed by atoms with van der Waals surface area (Å²) in [6.07, 6.45) is 1.78. The molecule has 1 heterocycles. The van der Waals surface area contributed by atoms with Gasteiger partial charge in [-0.1, -0.05) is 0 Å². The summed E-state index contributed by atoms with van der Waals surface area (Å²) >= 11 is 0. The highest BCUT2D eigenvalue weighted by atomic mass is 19.1. The molecule has 6 heteroatoms. The summed E-state index contributed by atoms with van der Waals surface area (Å²) in [7, 11) is 0. The molecule has 1 aromatic carbocycles. The first-order chi connectivity index (χ1) is 10.5. The average Bonchev–Trinajstić information content (AvgIpc) is 2.46. The molecule has 0 aromatic heterocycles. The molecule has 1 aromatic rings. The fourth-order valence-corrected chi connectivity index (χ4v) is 2.84. The zero-order chi connectivity index (χ0) is 15.9. The molecule has 3 N–H and O–H groups in total. The van der Waals surface area contributed by atoms with Crippen LogP contribution >= 0.6 is 0 Å². The van der Waals surface area contributed by atoms with Gasteiger partial charge < -0.3 is 20.5 Å². The van der Waals surface area contributed by atoms with Crippen molar-refractivity contribution in [3.63, 3.8) is 0 Å². The third-order valence-corrected chi connectivity index (χ3v) is 3.82. The van der Waals surface area contributed by atoms with Gasteiger partial charge in [-0.3, -0.25) is 4.79 Å². The highest BCUT2D eigenvalue weighted by molar-refractivity contribution is 5.74. The number of likely N-dealkylation sites (tertiary alicyclic amines) is 1. The van der Waals surface area contributed by atoms with Crippen molar-refractivity contribution < 1.29 is 19.0 Å². The minimum Gasteiger partial charge on any atom is -0.491 e. The van der Waals surface area contributed by atoms with Crippen LogP contribution in [-0.2, 0) is 4.79 Å². The van der Waals surface area contributed by atoms with Crippen molar-refractivity contribution in [1.82, 2.24) is 4.90 Å². The van der Waals surface area contributed by atoms with Gasteiger partial charge in [0.1, 0.15) is 24.3 Å². The number of halogens is 1. The number of nitrogens with two attached hydrogens (primary N) is 1. The van der Waals surface area contributed by atoms with E-state index in [9.17, 15) is 14.3 Å². The smallest absolute Gasteiger partial charge is 0.217 e. The summed E-state index contributed by atoms with van der Waals surface area (Å²) in [5, 5.41) is 10.1. The number of amides is 1. The van der Waals surface area contributed by atoms with E-state index in [4.69, 9.17) is 10.5 Å². The van der Waals surface area contributed by atoms with Gasteiger partial charge in [0.05, 0.1) is 0 Å². The first-order valence-electron chi connectivity index (χ1n) is 7.60. The van der Waals surface area contributed by atoms with E-state index in [-0.39, 0.29) is 24.2 Å². The number of carbonyl (C=O) groups excluding carboxylic acids is 1. The zero-order valence-corrected chi connectivity index (χ0v) is 12.6. The Morgan fingerprint density at radius 2 is 2.18 bits per heavy atom. The van der Waals surface area contributed by atoms with E-state index >= 15 is 0 Å². The third-order valence-electron chi connectivity index (χ3n) is 3.82. The maximum atomic E-state index is 12.8. The third kappa shape index (κ3) is 5.61. The van der Waals surface area contributed by atoms with Crippen molar-refractivity contribution in [2.45, 2.75) is 25.4 Å². The standard InChI is InChI=1S/C16H23FN2O3/c17-13-3-5-15(6-4-13)22-11-14(20)10-19-7-1-2-12(9-19)8-16(18)21/h3-6,12,14,20H,1-2,7-11H2,(H2,18,21). The Morgan fingerprint density at radius 1 is 1.45 bits per heavy atom. The number of nitrogens with zero attached hydrogens (tertiary/aromatic N) is 1. The second kappa shape index (κ2) is 8.10. The van der Waals surface area contributed by atoms with Crippen LogP contribution in [0.5, 0.6) is 5.75 Å². The molecule has 0 bridgehead atoms. The van der Waals surface area contributed by atoms with Gasteiger partial charge in [-0.05, 0) is 49.6 Å². The fraction of sp³-hybridized carbons (Fsp3) is 0.562. The summed E-state index contributed by atoms with van der Waals surface area (Å²) < 4.78 is 18.2. The Morgan fingerprint density at radius 3 is 2.86 bits per heavy atom. The van der Waals surface area contributed by atoms with Crippen LogP contribution in [0.15, 0.2) is 24.3 Å². The summed E-state index contributed by atoms with van der Waals surface area (Å²) in [5.41, 5.74) is 5.24. The average molecular weight is 310 g/mol. The highest BCUT2D eigenvalue weighted by Crippen LogP contribution is 2.19. The van der Waals surface area contributed by atoms with Crippen molar-refractivity contribution >= 4 is 5.91 Å². The van der Waals surface area contributed by atoms with E-state index in [1.165, 1.54) is 24.3 Å². The monoisotopic (exact) mass is 310 g/mol. The number of piperidine rings is 1. The molecule has 1 amide bonds. The van der Waals surface area contributed by atoms with Gasteiger partial charge in [-0.25, -0.2) is 4.39 Å². The van der Waals surface area contributed by atoms with Crippen LogP contribution in [0.4, 0.5) is 4.39 Å². The minimum absolute atomic E-state index is 0.155. The van der Waals surface area contributed by atoms with Crippen LogP contribution in [0.3, 0.4) is 0 Å². The summed E-state index contributed by atoms with van der Waals surface area (Å²) in [6, 6.07) is 5.71. The van der Waals surface area contributed by atoms with Crippen LogP contribution in [0.25, 0.3) is 0 Å². The van der Waals surface area contributed by atoms with Gasteiger partial charge in [-0.15, -0.1) is 0 Å². The predicted molar refractivity (Wildman–Crippen MR) is 80.9 cm³/mol. The lowest BCUT2D eigenvalue weighted by Crippen LogP contribution is -2.42. The summed E-state index contributed by atoms with van der Waals surface area (Å²) in [6.45, 7) is 2.33. The lowest BCUT2D eigenvalue weighted by molar-refractivity contribution is -0.119. The topological polar surface area (TPSA) is 75.8 Å². The predicted octanol–water partition coefficient (Wildman–Crippen LogP) is 1.15. The molecule has 0 saturated carbocycles. The van der Waals surface area contributed by atoms with E-state index in [2.05, 4.69) is 4.90 Å². The number of aliphatic hydroxyl groups excluding tert-OH is 1. The molecule has 2 rings (SSSR count). The number of hydrogen-bond donors (Lipinski definition) is 2. The first-order valence-corrected chi connectivity index (χ1v) is 7.60. The van der Waals surface area contributed by atoms with E-state index < -0.39 is 6.10 Å². The molecule has 1 aliphatic rings. The molecule has 122 valence electrons. The molecule has 5 nitrogen and oxygen atoms in total. The Bertz CT molecular complexity index is 481. The van der Waals surface area contributed by atoms with Gasteiger partial charge >= 0.3 is 0 Å². The van der Waals surface area contributed by atoms with Gasteiger partial charge in [0.15, 0.2) is 0 Å². The molecule has 2 atom stereocenters. The van der Waals surface area contributed by atoms with Crippen LogP contribution < -0.4 is 10.5 Å². The molecule has 0 aliphatic carbocycles. The number of β-amino-alcohol motifs (C(OH)–C–C–N with tert-alkyl or cyclic N) is 1. The molecule has 0 radical (unpaired) electrons. The van der Waals surface area contributed by atoms with E-state index in [1.807, 2.05) is 0 Å². The lowest BCUT2D eigenvalue weighted by Gasteiger charge is -2.33. The second-order valence-corrected chi connectivity index (χ2v) is 5.86. The Labute approximate surface area is 129 Å². The Balaban J connectivity index is 1.72. The number of hydrogen-bond acceptors (Lipinski definition) is 4. The maximum Gasteiger partial charge on any atom is 0.217 e. The summed E-state index contributed by atoms with van der Waals surface area (Å²) in [5.74, 6) is 0.218. The first kappa shape index (κ1) is 16.7. The minimum atomic E-state index is -0.627. The van der Waals surface area contributed by atoms with Crippen molar-refractivity contribution in [1.29, 1.82) is 0 Å². The number of benzene rings is 1. The molecular formula is C16H23FN2O3. The van der Waals surface area contributed by atoms with Crippen LogP contribution in [0.2, 0.25) is 0 Å². The maximum absolute atomic E-state index is 12.8. The van der Waals surface area contributed by atoms with Crippen molar-refractivity contribution in [3.05, 3.63) is 30.1 Å². The number of aliphatic hydroxyl groups is 1. The molecule has 2 unspecified atom stereocenters. The van der Waals surface area contributed by atoms with Gasteiger partial charge in [0.25, 0.3) is 0 Å². The summed E-state index contributed by atoms with van der Waals surface area (Å²) in [4.78, 5) is 13.1. The molecule has 1 saturated heterocycles. The molecular weight excluding hydrogens is 287 g/mol. The van der Waals surface area contributed by atoms with E-state index in [1.54, 1.807) is 0 Å². The van der Waals surface area contributed by atoms with Crippen molar-refractivity contribution in [2.24, 2.45) is 11.7 Å². The van der Waals surface area contributed by atoms with Gasteiger partial charge in [0.2, 0.25) is 5.91 Å². The van der Waals surface area contributed by atoms with Crippen molar-refractivity contribution in [2.75, 3.05) is 26.2 Å². The fourth-order valence-electron chi connectivity index (χ4n) is 2.84. The van der Waals surface area contributed by atoms with E-state index in [0.717, 1.165) is 25.9 Å². The largest absolute Gasteiger partial charge is 0.491 e. The van der Waals surface area contributed by atoms with Crippen LogP contribution in [-0.4, -0.2) is 48.3 Å². The number of primary amides is 1. The highest BCUT2D eigenvalue weighted by Gasteiger charge is 2.23. The van der Waals surface area contributed by atoms with Crippen molar-refractivity contribution in [3.8, 4) is 5.75 Å². The molecule has 1 aliphatic heterocycles. The van der Waals surface area contributed by atoms with Crippen LogP contribution in [0.1, 0.15) is 19.3 Å². The Kier molecular flexibility index (Phi) is 6.15. The van der Waals surface area contributed by atoms with E-state index in [0.29, 0.717) is 18.7 Å². The SMILES string of the molecule is NC(=O)CC1CCCN(CC(O)COc2ccc(F)cc2)C1. The normalized spacial score (nSPS) is 20.5.